The van der Waals surface area contributed by atoms with Gasteiger partial charge < -0.3 is 5.73 Å². The van der Waals surface area contributed by atoms with Gasteiger partial charge in [-0.3, -0.25) is 4.79 Å². The summed E-state index contributed by atoms with van der Waals surface area (Å²) in [4.78, 5) is 10.2. The van der Waals surface area contributed by atoms with E-state index in [-0.39, 0.29) is 5.56 Å². The van der Waals surface area contributed by atoms with E-state index in [1.807, 2.05) is 0 Å². The van der Waals surface area contributed by atoms with Crippen LogP contribution >= 0.6 is 0 Å². The van der Waals surface area contributed by atoms with Gasteiger partial charge >= 0.3 is 5.51 Å². The standard InChI is InChI=1S/C9H8F3NO3S/c10-9(11,12)17(15,16)7-3-1-2-6(4-7)8(14)5-13/h1-4H,5,13H2. The molecule has 8 heteroatoms. The molecule has 94 valence electrons. The minimum atomic E-state index is -5.43. The lowest BCUT2D eigenvalue weighted by Gasteiger charge is -2.08. The van der Waals surface area contributed by atoms with Crippen LogP contribution in [0, 0.1) is 0 Å². The van der Waals surface area contributed by atoms with E-state index in [9.17, 15) is 26.4 Å². The van der Waals surface area contributed by atoms with Gasteiger partial charge in [-0.1, -0.05) is 12.1 Å². The van der Waals surface area contributed by atoms with E-state index in [1.54, 1.807) is 0 Å². The number of nitrogens with two attached hydrogens (primary N) is 1. The molecule has 0 aliphatic carbocycles. The zero-order chi connectivity index (χ0) is 13.3. The van der Waals surface area contributed by atoms with E-state index in [1.165, 1.54) is 6.07 Å². The van der Waals surface area contributed by atoms with Gasteiger partial charge in [0.05, 0.1) is 11.4 Å². The summed E-state index contributed by atoms with van der Waals surface area (Å²) in [6.07, 6.45) is 0. The highest BCUT2D eigenvalue weighted by Gasteiger charge is 2.46. The number of sulfone groups is 1. The Bertz CT molecular complexity index is 537. The van der Waals surface area contributed by atoms with Crippen molar-refractivity contribution in [3.8, 4) is 0 Å². The smallest absolute Gasteiger partial charge is 0.324 e. The van der Waals surface area contributed by atoms with Crippen LogP contribution in [0.3, 0.4) is 0 Å². The second kappa shape index (κ2) is 4.46. The summed E-state index contributed by atoms with van der Waals surface area (Å²) >= 11 is 0. The van der Waals surface area contributed by atoms with Crippen LogP contribution in [0.5, 0.6) is 0 Å². The average Bonchev–Trinajstić information content (AvgIpc) is 2.26. The Labute approximate surface area is 95.1 Å². The highest BCUT2D eigenvalue weighted by Crippen LogP contribution is 2.30. The van der Waals surface area contributed by atoms with E-state index in [2.05, 4.69) is 0 Å². The van der Waals surface area contributed by atoms with E-state index in [4.69, 9.17) is 5.73 Å². The predicted molar refractivity (Wildman–Crippen MR) is 53.1 cm³/mol. The third kappa shape index (κ3) is 2.64. The summed E-state index contributed by atoms with van der Waals surface area (Å²) in [5.41, 5.74) is -0.532. The van der Waals surface area contributed by atoms with Crippen molar-refractivity contribution < 1.29 is 26.4 Å². The van der Waals surface area contributed by atoms with Gasteiger partial charge in [0, 0.05) is 5.56 Å². The van der Waals surface area contributed by atoms with Crippen LogP contribution < -0.4 is 5.73 Å². The molecular weight excluding hydrogens is 259 g/mol. The lowest BCUT2D eigenvalue weighted by molar-refractivity contribution is -0.0436. The van der Waals surface area contributed by atoms with E-state index < -0.39 is 32.6 Å². The zero-order valence-corrected chi connectivity index (χ0v) is 9.18. The maximum atomic E-state index is 12.2. The molecule has 0 bridgehead atoms. The summed E-state index contributed by atoms with van der Waals surface area (Å²) in [7, 11) is -5.43. The van der Waals surface area contributed by atoms with Crippen molar-refractivity contribution in [1.29, 1.82) is 0 Å². The number of alkyl halides is 3. The lowest BCUT2D eigenvalue weighted by atomic mass is 10.1. The van der Waals surface area contributed by atoms with Gasteiger partial charge in [-0.2, -0.15) is 13.2 Å². The summed E-state index contributed by atoms with van der Waals surface area (Å²) in [5, 5.41) is 0. The second-order valence-electron chi connectivity index (χ2n) is 3.10. The quantitative estimate of drug-likeness (QED) is 0.832. The Morgan fingerprint density at radius 1 is 1.29 bits per heavy atom. The molecule has 0 fully saturated rings. The Balaban J connectivity index is 3.31. The minimum absolute atomic E-state index is 0.169. The molecule has 0 amide bonds. The zero-order valence-electron chi connectivity index (χ0n) is 8.36. The van der Waals surface area contributed by atoms with Crippen molar-refractivity contribution in [2.75, 3.05) is 6.54 Å². The van der Waals surface area contributed by atoms with Crippen molar-refractivity contribution >= 4 is 15.6 Å². The van der Waals surface area contributed by atoms with Gasteiger partial charge in [0.25, 0.3) is 9.84 Å². The highest BCUT2D eigenvalue weighted by atomic mass is 32.2. The number of carbonyl (C=O) groups is 1. The fraction of sp³-hybridized carbons (Fsp3) is 0.222. The maximum absolute atomic E-state index is 12.2. The summed E-state index contributed by atoms with van der Waals surface area (Å²) in [6.45, 7) is -0.407. The molecule has 17 heavy (non-hydrogen) atoms. The van der Waals surface area contributed by atoms with Gasteiger partial charge in [0.2, 0.25) is 0 Å². The van der Waals surface area contributed by atoms with Gasteiger partial charge in [0.1, 0.15) is 0 Å². The first-order valence-electron chi connectivity index (χ1n) is 4.35. The van der Waals surface area contributed by atoms with Crippen LogP contribution in [-0.4, -0.2) is 26.3 Å². The largest absolute Gasteiger partial charge is 0.501 e. The molecule has 0 aliphatic heterocycles. The number of hydrogen-bond acceptors (Lipinski definition) is 4. The Morgan fingerprint density at radius 3 is 2.35 bits per heavy atom. The van der Waals surface area contributed by atoms with Crippen LogP contribution in [0.15, 0.2) is 29.2 Å². The molecule has 4 nitrogen and oxygen atoms in total. The van der Waals surface area contributed by atoms with Gasteiger partial charge in [-0.05, 0) is 12.1 Å². The fourth-order valence-corrected chi connectivity index (χ4v) is 1.90. The molecule has 0 radical (unpaired) electrons. The molecule has 0 heterocycles. The average molecular weight is 267 g/mol. The number of halogens is 3. The lowest BCUT2D eigenvalue weighted by Crippen LogP contribution is -2.23. The van der Waals surface area contributed by atoms with Crippen LogP contribution in [0.1, 0.15) is 10.4 Å². The van der Waals surface area contributed by atoms with Crippen LogP contribution in [-0.2, 0) is 9.84 Å². The third-order valence-corrected chi connectivity index (χ3v) is 3.44. The van der Waals surface area contributed by atoms with Crippen molar-refractivity contribution in [2.45, 2.75) is 10.4 Å². The van der Waals surface area contributed by atoms with Gasteiger partial charge in [-0.15, -0.1) is 0 Å². The van der Waals surface area contributed by atoms with Crippen molar-refractivity contribution in [3.63, 3.8) is 0 Å². The highest BCUT2D eigenvalue weighted by molar-refractivity contribution is 7.92. The SMILES string of the molecule is NCC(=O)c1cccc(S(=O)(=O)C(F)(F)F)c1. The monoisotopic (exact) mass is 267 g/mol. The van der Waals surface area contributed by atoms with Gasteiger partial charge in [-0.25, -0.2) is 8.42 Å². The maximum Gasteiger partial charge on any atom is 0.501 e. The number of ketones is 1. The Kier molecular flexibility index (Phi) is 3.58. The molecule has 0 spiro atoms. The van der Waals surface area contributed by atoms with Crippen LogP contribution in [0.25, 0.3) is 0 Å². The molecule has 1 rings (SSSR count). The fourth-order valence-electron chi connectivity index (χ4n) is 1.09. The second-order valence-corrected chi connectivity index (χ2v) is 5.05. The molecule has 0 saturated heterocycles. The number of benzene rings is 1. The molecule has 0 saturated carbocycles. The van der Waals surface area contributed by atoms with Crippen molar-refractivity contribution in [3.05, 3.63) is 29.8 Å². The molecule has 0 unspecified atom stereocenters. The van der Waals surface area contributed by atoms with Crippen molar-refractivity contribution in [1.82, 2.24) is 0 Å². The molecular formula is C9H8F3NO3S. The number of Topliss-reactive ketones (excluding diaryl/α,β-unsaturated/α-hetero) is 1. The molecule has 0 atom stereocenters. The summed E-state index contributed by atoms with van der Waals surface area (Å²) < 4.78 is 58.8. The molecule has 1 aromatic carbocycles. The topological polar surface area (TPSA) is 77.2 Å². The van der Waals surface area contributed by atoms with E-state index in [0.717, 1.165) is 12.1 Å². The van der Waals surface area contributed by atoms with Crippen LogP contribution in [0.2, 0.25) is 0 Å². The molecule has 2 N–H and O–H groups in total. The number of rotatable bonds is 3. The first kappa shape index (κ1) is 13.7. The first-order valence-corrected chi connectivity index (χ1v) is 5.83. The summed E-state index contributed by atoms with van der Waals surface area (Å²) in [6, 6.07) is 3.69. The number of hydrogen-bond donors (Lipinski definition) is 1. The predicted octanol–water partition coefficient (Wildman–Crippen LogP) is 1.12. The Morgan fingerprint density at radius 2 is 1.88 bits per heavy atom. The summed E-state index contributed by atoms with van der Waals surface area (Å²) in [5.74, 6) is -0.635. The van der Waals surface area contributed by atoms with Gasteiger partial charge in [0.15, 0.2) is 5.78 Å². The van der Waals surface area contributed by atoms with Crippen LogP contribution in [0.4, 0.5) is 13.2 Å². The number of carbonyl (C=O) groups excluding carboxylic acids is 1. The van der Waals surface area contributed by atoms with Crippen molar-refractivity contribution in [2.24, 2.45) is 5.73 Å². The third-order valence-electron chi connectivity index (χ3n) is 1.96. The molecule has 0 aromatic heterocycles. The molecule has 1 aromatic rings. The normalized spacial score (nSPS) is 12.5. The molecule has 0 aliphatic rings. The first-order chi connectivity index (χ1) is 7.70. The Hall–Kier alpha value is -1.41. The van der Waals surface area contributed by atoms with E-state index >= 15 is 0 Å². The van der Waals surface area contributed by atoms with E-state index in [0.29, 0.717) is 6.07 Å². The minimum Gasteiger partial charge on any atom is -0.324 e.